The molecule has 31 heavy (non-hydrogen) atoms. The Morgan fingerprint density at radius 2 is 1.74 bits per heavy atom. The van der Waals surface area contributed by atoms with Crippen LogP contribution in [0.15, 0.2) is 35.5 Å². The number of carbonyl (C=O) groups is 2. The van der Waals surface area contributed by atoms with Crippen molar-refractivity contribution < 1.29 is 9.59 Å². The zero-order valence-electron chi connectivity index (χ0n) is 19.4. The van der Waals surface area contributed by atoms with Gasteiger partial charge in [0.1, 0.15) is 5.78 Å². The number of hydrogen-bond donors (Lipinski definition) is 0. The SMILES string of the molecule is C=C(CC1C2=CC(C)CC3C=C1C23)C(=O)CCCC(=O)CC1CCCC2CCCCC21. The molecule has 168 valence electrons. The first-order valence-corrected chi connectivity index (χ1v) is 13.2. The van der Waals surface area contributed by atoms with Gasteiger partial charge >= 0.3 is 0 Å². The topological polar surface area (TPSA) is 34.1 Å². The first kappa shape index (κ1) is 21.4. The predicted molar refractivity (Wildman–Crippen MR) is 125 cm³/mol. The molecule has 0 aliphatic heterocycles. The normalized spacial score (nSPS) is 37.9. The maximum Gasteiger partial charge on any atom is 0.158 e. The van der Waals surface area contributed by atoms with Gasteiger partial charge in [-0.05, 0) is 67.3 Å². The number of rotatable bonds is 9. The van der Waals surface area contributed by atoms with E-state index in [0.29, 0.717) is 48.7 Å². The molecule has 0 aromatic carbocycles. The molecule has 0 aromatic rings. The summed E-state index contributed by atoms with van der Waals surface area (Å²) in [4.78, 5) is 25.3. The summed E-state index contributed by atoms with van der Waals surface area (Å²) in [6.07, 6.45) is 19.0. The third-order valence-electron chi connectivity index (χ3n) is 9.40. The van der Waals surface area contributed by atoms with E-state index in [1.54, 1.807) is 11.1 Å². The highest BCUT2D eigenvalue weighted by atomic mass is 16.1. The Morgan fingerprint density at radius 1 is 0.968 bits per heavy atom. The number of carbonyl (C=O) groups excluding carboxylic acids is 2. The van der Waals surface area contributed by atoms with E-state index < -0.39 is 0 Å². The minimum absolute atomic E-state index is 0.183. The molecule has 7 unspecified atom stereocenters. The van der Waals surface area contributed by atoms with Crippen molar-refractivity contribution in [1.29, 1.82) is 0 Å². The lowest BCUT2D eigenvalue weighted by atomic mass is 9.48. The van der Waals surface area contributed by atoms with Crippen LogP contribution in [-0.4, -0.2) is 11.6 Å². The van der Waals surface area contributed by atoms with Crippen molar-refractivity contribution in [2.45, 2.75) is 90.4 Å². The molecular formula is C29H40O2. The maximum absolute atomic E-state index is 12.7. The van der Waals surface area contributed by atoms with E-state index in [-0.39, 0.29) is 5.78 Å². The van der Waals surface area contributed by atoms with Crippen LogP contribution in [0.4, 0.5) is 0 Å². The molecule has 3 fully saturated rings. The van der Waals surface area contributed by atoms with Crippen LogP contribution in [0.3, 0.4) is 0 Å². The van der Waals surface area contributed by atoms with E-state index in [9.17, 15) is 9.59 Å². The molecule has 0 saturated heterocycles. The van der Waals surface area contributed by atoms with Crippen molar-refractivity contribution in [3.05, 3.63) is 35.5 Å². The Labute approximate surface area is 188 Å². The minimum atomic E-state index is 0.183. The van der Waals surface area contributed by atoms with Gasteiger partial charge < -0.3 is 0 Å². The number of fused-ring (bicyclic) bond motifs is 1. The van der Waals surface area contributed by atoms with Crippen LogP contribution < -0.4 is 0 Å². The van der Waals surface area contributed by atoms with Crippen molar-refractivity contribution >= 4 is 11.6 Å². The van der Waals surface area contributed by atoms with Gasteiger partial charge in [0.2, 0.25) is 0 Å². The molecule has 0 spiro atoms. The van der Waals surface area contributed by atoms with E-state index in [1.165, 1.54) is 51.4 Å². The summed E-state index contributed by atoms with van der Waals surface area (Å²) in [5.41, 5.74) is 3.93. The van der Waals surface area contributed by atoms with Gasteiger partial charge in [0.25, 0.3) is 0 Å². The van der Waals surface area contributed by atoms with Gasteiger partial charge in [-0.25, -0.2) is 0 Å². The van der Waals surface area contributed by atoms with Gasteiger partial charge in [0.05, 0.1) is 0 Å². The third kappa shape index (κ3) is 4.16. The number of ketones is 2. The largest absolute Gasteiger partial charge is 0.300 e. The maximum atomic E-state index is 12.7. The molecule has 5 rings (SSSR count). The summed E-state index contributed by atoms with van der Waals surface area (Å²) in [7, 11) is 0. The molecule has 5 aliphatic carbocycles. The second-order valence-electron chi connectivity index (χ2n) is 11.5. The molecule has 0 N–H and O–H groups in total. The molecule has 2 heteroatoms. The Balaban J connectivity index is 1.04. The first-order chi connectivity index (χ1) is 15.0. The molecule has 0 aromatic heterocycles. The van der Waals surface area contributed by atoms with Crippen molar-refractivity contribution in [1.82, 2.24) is 0 Å². The standard InChI is InChI=1S/C29H40O2/c1-18-13-22-17-27-25(26(14-18)29(22)27)15-19(2)28(31)12-6-10-23(30)16-21-9-5-8-20-7-3-4-11-24(20)21/h14,17-18,20-22,24-25,29H,2-13,15-16H2,1H3. The van der Waals surface area contributed by atoms with E-state index in [4.69, 9.17) is 0 Å². The highest BCUT2D eigenvalue weighted by molar-refractivity contribution is 5.95. The summed E-state index contributed by atoms with van der Waals surface area (Å²) in [6.45, 7) is 6.44. The van der Waals surface area contributed by atoms with Crippen molar-refractivity contribution in [2.24, 2.45) is 41.4 Å². The predicted octanol–water partition coefficient (Wildman–Crippen LogP) is 7.01. The Hall–Kier alpha value is -1.44. The van der Waals surface area contributed by atoms with Crippen LogP contribution in [0.25, 0.3) is 0 Å². The second-order valence-corrected chi connectivity index (χ2v) is 11.5. The van der Waals surface area contributed by atoms with Crippen molar-refractivity contribution in [3.8, 4) is 0 Å². The van der Waals surface area contributed by atoms with Gasteiger partial charge in [-0.2, -0.15) is 0 Å². The Bertz CT molecular complexity index is 813. The lowest BCUT2D eigenvalue weighted by Crippen LogP contribution is -2.46. The van der Waals surface area contributed by atoms with E-state index in [0.717, 1.165) is 36.2 Å². The summed E-state index contributed by atoms with van der Waals surface area (Å²) in [6, 6.07) is 0. The summed E-state index contributed by atoms with van der Waals surface area (Å²) >= 11 is 0. The van der Waals surface area contributed by atoms with Gasteiger partial charge in [0.15, 0.2) is 5.78 Å². The highest BCUT2D eigenvalue weighted by Crippen LogP contribution is 2.62. The van der Waals surface area contributed by atoms with Crippen LogP contribution in [0.1, 0.15) is 90.4 Å². The van der Waals surface area contributed by atoms with Crippen molar-refractivity contribution in [2.75, 3.05) is 0 Å². The van der Waals surface area contributed by atoms with E-state index in [1.807, 2.05) is 0 Å². The summed E-state index contributed by atoms with van der Waals surface area (Å²) in [5, 5.41) is 0. The highest BCUT2D eigenvalue weighted by Gasteiger charge is 2.52. The van der Waals surface area contributed by atoms with Crippen LogP contribution in [0.2, 0.25) is 0 Å². The molecule has 0 amide bonds. The average Bonchev–Trinajstić information content (AvgIpc) is 2.73. The fraction of sp³-hybridized carbons (Fsp3) is 0.724. The molecule has 0 bridgehead atoms. The number of Topliss-reactive ketones (excluding diaryl/α,β-unsaturated/α-hetero) is 2. The number of allylic oxidation sites excluding steroid dienone is 5. The first-order valence-electron chi connectivity index (χ1n) is 13.2. The van der Waals surface area contributed by atoms with Crippen molar-refractivity contribution in [3.63, 3.8) is 0 Å². The van der Waals surface area contributed by atoms with Crippen LogP contribution >= 0.6 is 0 Å². The van der Waals surface area contributed by atoms with Gasteiger partial charge in [-0.1, -0.05) is 68.9 Å². The Morgan fingerprint density at radius 3 is 2.61 bits per heavy atom. The smallest absolute Gasteiger partial charge is 0.158 e. The third-order valence-corrected chi connectivity index (χ3v) is 9.40. The molecule has 2 nitrogen and oxygen atoms in total. The second kappa shape index (κ2) is 8.83. The van der Waals surface area contributed by atoms with E-state index >= 15 is 0 Å². The zero-order chi connectivity index (χ0) is 21.5. The fourth-order valence-corrected chi connectivity index (χ4v) is 7.85. The van der Waals surface area contributed by atoms with Crippen LogP contribution in [0.5, 0.6) is 0 Å². The molecule has 0 radical (unpaired) electrons. The lowest BCUT2D eigenvalue weighted by molar-refractivity contribution is -0.121. The zero-order valence-corrected chi connectivity index (χ0v) is 19.4. The quantitative estimate of drug-likeness (QED) is 0.297. The van der Waals surface area contributed by atoms with Gasteiger partial charge in [-0.15, -0.1) is 0 Å². The molecular weight excluding hydrogens is 380 g/mol. The molecule has 3 saturated carbocycles. The van der Waals surface area contributed by atoms with Gasteiger partial charge in [0, 0.05) is 31.1 Å². The summed E-state index contributed by atoms with van der Waals surface area (Å²) < 4.78 is 0. The van der Waals surface area contributed by atoms with Crippen LogP contribution in [-0.2, 0) is 9.59 Å². The number of hydrogen-bond acceptors (Lipinski definition) is 2. The van der Waals surface area contributed by atoms with E-state index in [2.05, 4.69) is 25.7 Å². The lowest BCUT2D eigenvalue weighted by Gasteiger charge is -2.56. The monoisotopic (exact) mass is 420 g/mol. The molecule has 7 atom stereocenters. The Kier molecular flexibility index (Phi) is 6.10. The van der Waals surface area contributed by atoms with Crippen LogP contribution in [0, 0.1) is 41.4 Å². The minimum Gasteiger partial charge on any atom is -0.300 e. The molecule has 5 aliphatic rings. The summed E-state index contributed by atoms with van der Waals surface area (Å²) in [5.74, 6) is 5.49. The average molecular weight is 421 g/mol. The fourth-order valence-electron chi connectivity index (χ4n) is 7.85. The molecule has 0 heterocycles. The van der Waals surface area contributed by atoms with Gasteiger partial charge in [-0.3, -0.25) is 9.59 Å².